The summed E-state index contributed by atoms with van der Waals surface area (Å²) in [7, 11) is 0. The molecule has 0 aliphatic carbocycles. The second-order valence-electron chi connectivity index (χ2n) is 7.72. The maximum absolute atomic E-state index is 12.3. The molecule has 14 nitrogen and oxygen atoms in total. The number of nitrogens with one attached hydrogen (secondary N) is 4. The van der Waals surface area contributed by atoms with Crippen LogP contribution in [-0.2, 0) is 19.2 Å². The van der Waals surface area contributed by atoms with Gasteiger partial charge in [0.05, 0.1) is 12.6 Å². The van der Waals surface area contributed by atoms with E-state index >= 15 is 0 Å². The average molecular weight is 475 g/mol. The summed E-state index contributed by atoms with van der Waals surface area (Å²) in [6.07, 6.45) is -0.824. The van der Waals surface area contributed by atoms with Gasteiger partial charge in [-0.15, -0.1) is 0 Å². The molecule has 182 valence electrons. The SMILES string of the molecule is NC1NC(=O)C2C(=NC[C@H](CNc3ccc(C(=O)N[C@@H](CCC(=O)O)C(=O)O)cc3)N2C=O)N1. The van der Waals surface area contributed by atoms with E-state index in [1.165, 1.54) is 17.0 Å². The van der Waals surface area contributed by atoms with Gasteiger partial charge in [0.2, 0.25) is 6.41 Å². The second-order valence-corrected chi connectivity index (χ2v) is 7.72. The Morgan fingerprint density at radius 1 is 1.24 bits per heavy atom. The van der Waals surface area contributed by atoms with Crippen molar-refractivity contribution < 1.29 is 34.2 Å². The summed E-state index contributed by atoms with van der Waals surface area (Å²) >= 11 is 0. The minimum atomic E-state index is -1.33. The van der Waals surface area contributed by atoms with Crippen molar-refractivity contribution in [3.8, 4) is 0 Å². The minimum absolute atomic E-state index is 0.190. The van der Waals surface area contributed by atoms with Crippen molar-refractivity contribution in [2.75, 3.05) is 18.4 Å². The van der Waals surface area contributed by atoms with E-state index in [-0.39, 0.29) is 25.1 Å². The first-order valence-corrected chi connectivity index (χ1v) is 10.4. The van der Waals surface area contributed by atoms with Crippen molar-refractivity contribution in [1.82, 2.24) is 20.9 Å². The van der Waals surface area contributed by atoms with Gasteiger partial charge in [-0.2, -0.15) is 0 Å². The Bertz CT molecular complexity index is 997. The third kappa shape index (κ3) is 5.78. The number of aliphatic imine (C=N–C) groups is 1. The molecule has 0 saturated carbocycles. The molecule has 0 bridgehead atoms. The predicted octanol–water partition coefficient (Wildman–Crippen LogP) is -2.28. The Hall–Kier alpha value is -4.20. The average Bonchev–Trinajstić information content (AvgIpc) is 2.79. The lowest BCUT2D eigenvalue weighted by Gasteiger charge is -2.42. The number of amidine groups is 1. The summed E-state index contributed by atoms with van der Waals surface area (Å²) in [6, 6.07) is 3.50. The smallest absolute Gasteiger partial charge is 0.326 e. The van der Waals surface area contributed by atoms with E-state index in [0.29, 0.717) is 17.9 Å². The molecular formula is C20H25N7O7. The third-order valence-corrected chi connectivity index (χ3v) is 5.36. The highest BCUT2D eigenvalue weighted by Crippen LogP contribution is 2.16. The van der Waals surface area contributed by atoms with E-state index in [1.807, 2.05) is 0 Å². The Morgan fingerprint density at radius 3 is 2.56 bits per heavy atom. The van der Waals surface area contributed by atoms with Crippen molar-refractivity contribution in [2.24, 2.45) is 10.7 Å². The number of rotatable bonds is 10. The van der Waals surface area contributed by atoms with Gasteiger partial charge in [-0.05, 0) is 30.7 Å². The summed E-state index contributed by atoms with van der Waals surface area (Å²) in [5.41, 5.74) is 6.47. The number of hydrogen-bond donors (Lipinski definition) is 7. The lowest BCUT2D eigenvalue weighted by atomic mass is 10.1. The number of amides is 3. The molecule has 3 amide bonds. The number of carboxylic acids is 2. The van der Waals surface area contributed by atoms with Crippen molar-refractivity contribution in [1.29, 1.82) is 0 Å². The fraction of sp³-hybridized carbons (Fsp3) is 0.400. The molecule has 2 aliphatic rings. The first kappa shape index (κ1) is 24.4. The highest BCUT2D eigenvalue weighted by molar-refractivity contribution is 6.10. The van der Waals surface area contributed by atoms with Crippen LogP contribution in [-0.4, -0.2) is 88.6 Å². The summed E-state index contributed by atoms with van der Waals surface area (Å²) in [5.74, 6) is -3.24. The van der Waals surface area contributed by atoms with Crippen molar-refractivity contribution in [2.45, 2.75) is 37.3 Å². The molecular weight excluding hydrogens is 450 g/mol. The van der Waals surface area contributed by atoms with Crippen LogP contribution in [0, 0.1) is 0 Å². The molecule has 1 aromatic rings. The van der Waals surface area contributed by atoms with Gasteiger partial charge in [0.25, 0.3) is 11.8 Å². The van der Waals surface area contributed by atoms with Crippen LogP contribution in [0.1, 0.15) is 23.2 Å². The van der Waals surface area contributed by atoms with Gasteiger partial charge < -0.3 is 36.4 Å². The van der Waals surface area contributed by atoms with Gasteiger partial charge in [-0.1, -0.05) is 0 Å². The molecule has 34 heavy (non-hydrogen) atoms. The highest BCUT2D eigenvalue weighted by atomic mass is 16.4. The lowest BCUT2D eigenvalue weighted by molar-refractivity contribution is -0.140. The quantitative estimate of drug-likeness (QED) is 0.180. The number of carbonyl (C=O) groups excluding carboxylic acids is 3. The summed E-state index contributed by atoms with van der Waals surface area (Å²) in [5, 5.41) is 28.6. The van der Waals surface area contributed by atoms with Crippen LogP contribution in [0.3, 0.4) is 0 Å². The van der Waals surface area contributed by atoms with Crippen LogP contribution in [0.4, 0.5) is 5.69 Å². The molecule has 2 heterocycles. The van der Waals surface area contributed by atoms with Crippen molar-refractivity contribution in [3.05, 3.63) is 29.8 Å². The fourth-order valence-electron chi connectivity index (χ4n) is 3.61. The minimum Gasteiger partial charge on any atom is -0.481 e. The number of hydrogen-bond acceptors (Lipinski definition) is 9. The summed E-state index contributed by atoms with van der Waals surface area (Å²) in [4.78, 5) is 63.9. The van der Waals surface area contributed by atoms with Gasteiger partial charge in [-0.25, -0.2) is 4.79 Å². The van der Waals surface area contributed by atoms with Crippen LogP contribution in [0.25, 0.3) is 0 Å². The predicted molar refractivity (Wildman–Crippen MR) is 118 cm³/mol. The van der Waals surface area contributed by atoms with E-state index < -0.39 is 54.6 Å². The maximum atomic E-state index is 12.3. The largest absolute Gasteiger partial charge is 0.481 e. The summed E-state index contributed by atoms with van der Waals surface area (Å²) in [6.45, 7) is 0.519. The number of carboxylic acid groups (broad SMARTS) is 2. The zero-order chi connectivity index (χ0) is 24.8. The van der Waals surface area contributed by atoms with Gasteiger partial charge in [0.15, 0.2) is 12.3 Å². The zero-order valence-corrected chi connectivity index (χ0v) is 17.9. The molecule has 1 fully saturated rings. The Kier molecular flexibility index (Phi) is 7.63. The highest BCUT2D eigenvalue weighted by Gasteiger charge is 2.41. The topological polar surface area (TPSA) is 216 Å². The van der Waals surface area contributed by atoms with Gasteiger partial charge in [0.1, 0.15) is 11.9 Å². The molecule has 1 saturated heterocycles. The standard InChI is InChI=1S/C20H25N7O7/c21-20-25-16-15(18(32)26-20)27(9-28)12(8-23-16)7-22-11-3-1-10(2-4-11)17(31)24-13(19(33)34)5-6-14(29)30/h1-4,9,12-13,15,20,22H,5-8,21H2,(H,23,25)(H,24,31)(H,26,32)(H,29,30)(H,33,34)/t12-,13-,15?,20?/m0/s1. The molecule has 2 aliphatic heterocycles. The second kappa shape index (κ2) is 10.6. The van der Waals surface area contributed by atoms with E-state index in [1.54, 1.807) is 12.1 Å². The van der Waals surface area contributed by atoms with Crippen LogP contribution in [0.5, 0.6) is 0 Å². The molecule has 2 unspecified atom stereocenters. The monoisotopic (exact) mass is 475 g/mol. The van der Waals surface area contributed by atoms with Crippen LogP contribution < -0.4 is 27.0 Å². The van der Waals surface area contributed by atoms with Gasteiger partial charge >= 0.3 is 11.9 Å². The molecule has 0 spiro atoms. The number of nitrogens with zero attached hydrogens (tertiary/aromatic N) is 2. The van der Waals surface area contributed by atoms with Crippen LogP contribution in [0.15, 0.2) is 29.3 Å². The third-order valence-electron chi connectivity index (χ3n) is 5.36. The van der Waals surface area contributed by atoms with Crippen molar-refractivity contribution in [3.63, 3.8) is 0 Å². The first-order chi connectivity index (χ1) is 16.2. The van der Waals surface area contributed by atoms with E-state index in [9.17, 15) is 29.1 Å². The molecule has 0 aromatic heterocycles. The molecule has 1 aromatic carbocycles. The molecule has 4 atom stereocenters. The zero-order valence-electron chi connectivity index (χ0n) is 17.9. The Morgan fingerprint density at radius 2 is 1.94 bits per heavy atom. The van der Waals surface area contributed by atoms with E-state index in [0.717, 1.165) is 0 Å². The number of aliphatic carboxylic acids is 2. The first-order valence-electron chi connectivity index (χ1n) is 10.4. The number of carbonyl (C=O) groups is 5. The van der Waals surface area contributed by atoms with Crippen molar-refractivity contribution >= 4 is 41.7 Å². The molecule has 0 radical (unpaired) electrons. The normalized spacial score (nSPS) is 22.3. The number of benzene rings is 1. The lowest BCUT2D eigenvalue weighted by Crippen LogP contribution is -2.72. The molecule has 8 N–H and O–H groups in total. The van der Waals surface area contributed by atoms with Gasteiger partial charge in [0, 0.05) is 24.2 Å². The van der Waals surface area contributed by atoms with Crippen LogP contribution >= 0.6 is 0 Å². The number of anilines is 1. The summed E-state index contributed by atoms with van der Waals surface area (Å²) < 4.78 is 0. The van der Waals surface area contributed by atoms with Gasteiger partial charge in [-0.3, -0.25) is 29.9 Å². The Balaban J connectivity index is 1.59. The van der Waals surface area contributed by atoms with E-state index in [4.69, 9.17) is 10.8 Å². The fourth-order valence-corrected chi connectivity index (χ4v) is 3.61. The molecule has 14 heteroatoms. The maximum Gasteiger partial charge on any atom is 0.326 e. The number of fused-ring (bicyclic) bond motifs is 1. The Labute approximate surface area is 193 Å². The van der Waals surface area contributed by atoms with E-state index in [2.05, 4.69) is 26.3 Å². The number of nitrogens with two attached hydrogens (primary N) is 1. The van der Waals surface area contributed by atoms with Crippen LogP contribution in [0.2, 0.25) is 0 Å². The molecule has 3 rings (SSSR count).